The summed E-state index contributed by atoms with van der Waals surface area (Å²) in [6.45, 7) is 2.68. The average molecular weight is 431 g/mol. The maximum absolute atomic E-state index is 14.4. The SMILES string of the molecule is COc1nc(/C=C/c2nc3n(n2)CCC[C@@H]3c2ccccc2F)cnc1-n1cnc(C)c1. The normalized spacial score (nSPS) is 15.8. The summed E-state index contributed by atoms with van der Waals surface area (Å²) in [7, 11) is 1.55. The maximum atomic E-state index is 14.4. The largest absolute Gasteiger partial charge is 0.478 e. The zero-order valence-electron chi connectivity index (χ0n) is 17.8. The molecule has 4 aromatic rings. The van der Waals surface area contributed by atoms with Gasteiger partial charge in [-0.05, 0) is 43.5 Å². The molecule has 0 unspecified atom stereocenters. The molecule has 0 fully saturated rings. The highest BCUT2D eigenvalue weighted by Crippen LogP contribution is 2.33. The van der Waals surface area contributed by atoms with Crippen molar-refractivity contribution in [2.75, 3.05) is 7.11 Å². The molecular formula is C23H22FN7O. The van der Waals surface area contributed by atoms with E-state index in [4.69, 9.17) is 4.74 Å². The van der Waals surface area contributed by atoms with Crippen LogP contribution in [0.4, 0.5) is 4.39 Å². The van der Waals surface area contributed by atoms with E-state index in [0.29, 0.717) is 28.8 Å². The second kappa shape index (κ2) is 8.33. The quantitative estimate of drug-likeness (QED) is 0.478. The van der Waals surface area contributed by atoms with E-state index in [1.807, 2.05) is 29.9 Å². The topological polar surface area (TPSA) is 83.5 Å². The Balaban J connectivity index is 1.42. The molecule has 0 bridgehead atoms. The van der Waals surface area contributed by atoms with Crippen LogP contribution in [0.5, 0.6) is 5.88 Å². The zero-order chi connectivity index (χ0) is 22.1. The number of halogens is 1. The third kappa shape index (κ3) is 3.77. The molecule has 0 aliphatic carbocycles. The van der Waals surface area contributed by atoms with Crippen LogP contribution in [-0.4, -0.2) is 41.4 Å². The van der Waals surface area contributed by atoms with Gasteiger partial charge in [0.05, 0.1) is 24.7 Å². The molecule has 1 atom stereocenters. The lowest BCUT2D eigenvalue weighted by Crippen LogP contribution is -2.18. The third-order valence-electron chi connectivity index (χ3n) is 5.47. The van der Waals surface area contributed by atoms with Crippen LogP contribution in [0.25, 0.3) is 18.0 Å². The molecule has 0 amide bonds. The predicted octanol–water partition coefficient (Wildman–Crippen LogP) is 3.81. The van der Waals surface area contributed by atoms with Crippen molar-refractivity contribution in [1.29, 1.82) is 0 Å². The van der Waals surface area contributed by atoms with Gasteiger partial charge in [-0.3, -0.25) is 4.57 Å². The number of rotatable bonds is 5. The summed E-state index contributed by atoms with van der Waals surface area (Å²) in [6, 6.07) is 6.88. The van der Waals surface area contributed by atoms with Crippen molar-refractivity contribution >= 4 is 12.2 Å². The standard InChI is InChI=1S/C23H22FN7O/c1-15-13-30(14-26-15)22-23(32-2)27-16(12-25-22)9-10-20-28-21-18(7-5-11-31(21)29-20)17-6-3-4-8-19(17)24/h3-4,6,8-10,12-14,18H,5,7,11H2,1-2H3/b10-9+/t18-/m1/s1. The van der Waals surface area contributed by atoms with E-state index >= 15 is 0 Å². The first-order valence-corrected chi connectivity index (χ1v) is 10.4. The molecule has 8 nitrogen and oxygen atoms in total. The lowest BCUT2D eigenvalue weighted by atomic mass is 9.91. The van der Waals surface area contributed by atoms with Crippen LogP contribution in [0, 0.1) is 12.7 Å². The number of fused-ring (bicyclic) bond motifs is 1. The fourth-order valence-corrected chi connectivity index (χ4v) is 3.96. The van der Waals surface area contributed by atoms with E-state index in [-0.39, 0.29) is 11.7 Å². The van der Waals surface area contributed by atoms with Gasteiger partial charge in [-0.2, -0.15) is 5.10 Å². The summed E-state index contributed by atoms with van der Waals surface area (Å²) in [4.78, 5) is 17.9. The monoisotopic (exact) mass is 431 g/mol. The minimum absolute atomic E-state index is 0.0996. The van der Waals surface area contributed by atoms with E-state index in [2.05, 4.69) is 25.0 Å². The van der Waals surface area contributed by atoms with Crippen LogP contribution in [0.3, 0.4) is 0 Å². The summed E-state index contributed by atoms with van der Waals surface area (Å²) in [5.41, 5.74) is 2.15. The van der Waals surface area contributed by atoms with Crippen LogP contribution in [0.15, 0.2) is 43.0 Å². The number of hydrogen-bond acceptors (Lipinski definition) is 6. The lowest BCUT2D eigenvalue weighted by molar-refractivity contribution is 0.393. The zero-order valence-corrected chi connectivity index (χ0v) is 17.8. The smallest absolute Gasteiger partial charge is 0.258 e. The summed E-state index contributed by atoms with van der Waals surface area (Å²) >= 11 is 0. The molecule has 0 N–H and O–H groups in total. The van der Waals surface area contributed by atoms with E-state index < -0.39 is 0 Å². The van der Waals surface area contributed by atoms with Crippen molar-refractivity contribution in [3.63, 3.8) is 0 Å². The number of aromatic nitrogens is 7. The molecule has 1 aromatic carbocycles. The van der Waals surface area contributed by atoms with Crippen molar-refractivity contribution < 1.29 is 9.13 Å². The van der Waals surface area contributed by atoms with Gasteiger partial charge in [0, 0.05) is 18.7 Å². The van der Waals surface area contributed by atoms with Crippen molar-refractivity contribution in [2.45, 2.75) is 32.2 Å². The summed E-state index contributed by atoms with van der Waals surface area (Å²) < 4.78 is 23.4. The van der Waals surface area contributed by atoms with Crippen LogP contribution in [-0.2, 0) is 6.54 Å². The lowest BCUT2D eigenvalue weighted by Gasteiger charge is -2.22. The number of imidazole rings is 1. The van der Waals surface area contributed by atoms with E-state index in [1.54, 1.807) is 42.4 Å². The highest BCUT2D eigenvalue weighted by atomic mass is 19.1. The summed E-state index contributed by atoms with van der Waals surface area (Å²) in [5, 5.41) is 4.59. The van der Waals surface area contributed by atoms with Crippen molar-refractivity contribution in [2.24, 2.45) is 0 Å². The number of hydrogen-bond donors (Lipinski definition) is 0. The second-order valence-electron chi connectivity index (χ2n) is 7.65. The summed E-state index contributed by atoms with van der Waals surface area (Å²) in [5.74, 6) is 1.99. The molecule has 0 spiro atoms. The molecule has 5 rings (SSSR count). The molecule has 4 heterocycles. The van der Waals surface area contributed by atoms with E-state index in [0.717, 1.165) is 30.9 Å². The van der Waals surface area contributed by atoms with E-state index in [9.17, 15) is 4.39 Å². The van der Waals surface area contributed by atoms with E-state index in [1.165, 1.54) is 6.07 Å². The molecule has 3 aromatic heterocycles. The fourth-order valence-electron chi connectivity index (χ4n) is 3.96. The number of aryl methyl sites for hydroxylation is 2. The Morgan fingerprint density at radius 3 is 2.81 bits per heavy atom. The van der Waals surface area contributed by atoms with Gasteiger partial charge >= 0.3 is 0 Å². The fraction of sp³-hybridized carbons (Fsp3) is 0.261. The Labute approximate surface area is 184 Å². The van der Waals surface area contributed by atoms with Crippen molar-refractivity contribution in [3.05, 3.63) is 77.4 Å². The van der Waals surface area contributed by atoms with Gasteiger partial charge in [0.15, 0.2) is 5.82 Å². The van der Waals surface area contributed by atoms with Crippen LogP contribution < -0.4 is 4.74 Å². The number of nitrogens with zero attached hydrogens (tertiary/aromatic N) is 7. The van der Waals surface area contributed by atoms with Gasteiger partial charge in [0.1, 0.15) is 18.0 Å². The van der Waals surface area contributed by atoms with Gasteiger partial charge in [-0.25, -0.2) is 29.0 Å². The van der Waals surface area contributed by atoms with Gasteiger partial charge in [-0.15, -0.1) is 0 Å². The van der Waals surface area contributed by atoms with Crippen molar-refractivity contribution in [1.82, 2.24) is 34.3 Å². The molecule has 162 valence electrons. The Bertz CT molecular complexity index is 1290. The Morgan fingerprint density at radius 1 is 1.16 bits per heavy atom. The summed E-state index contributed by atoms with van der Waals surface area (Å²) in [6.07, 6.45) is 10.5. The molecule has 9 heteroatoms. The first-order chi connectivity index (χ1) is 15.6. The average Bonchev–Trinajstić information content (AvgIpc) is 3.43. The Hall–Kier alpha value is -3.88. The molecule has 0 radical (unpaired) electrons. The molecule has 1 aliphatic rings. The minimum atomic E-state index is -0.207. The van der Waals surface area contributed by atoms with Crippen LogP contribution >= 0.6 is 0 Å². The van der Waals surface area contributed by atoms with Gasteiger partial charge in [0.25, 0.3) is 5.88 Å². The number of benzene rings is 1. The predicted molar refractivity (Wildman–Crippen MR) is 117 cm³/mol. The van der Waals surface area contributed by atoms with Gasteiger partial charge in [-0.1, -0.05) is 18.2 Å². The van der Waals surface area contributed by atoms with Gasteiger partial charge < -0.3 is 4.74 Å². The highest BCUT2D eigenvalue weighted by molar-refractivity contribution is 5.64. The molecule has 1 aliphatic heterocycles. The Morgan fingerprint density at radius 2 is 2.03 bits per heavy atom. The third-order valence-corrected chi connectivity index (χ3v) is 5.47. The Kier molecular flexibility index (Phi) is 5.22. The second-order valence-corrected chi connectivity index (χ2v) is 7.65. The first kappa shape index (κ1) is 20.0. The maximum Gasteiger partial charge on any atom is 0.258 e. The number of ether oxygens (including phenoxy) is 1. The minimum Gasteiger partial charge on any atom is -0.478 e. The van der Waals surface area contributed by atoms with Crippen LogP contribution in [0.1, 0.15) is 47.4 Å². The molecular weight excluding hydrogens is 409 g/mol. The van der Waals surface area contributed by atoms with Crippen LogP contribution in [0.2, 0.25) is 0 Å². The highest BCUT2D eigenvalue weighted by Gasteiger charge is 2.27. The molecule has 32 heavy (non-hydrogen) atoms. The first-order valence-electron chi connectivity index (χ1n) is 10.4. The van der Waals surface area contributed by atoms with Gasteiger partial charge in [0.2, 0.25) is 5.82 Å². The molecule has 0 saturated heterocycles. The number of methoxy groups -OCH3 is 1. The molecule has 0 saturated carbocycles. The van der Waals surface area contributed by atoms with Crippen molar-refractivity contribution in [3.8, 4) is 11.7 Å².